The maximum absolute atomic E-state index is 12.3. The summed E-state index contributed by atoms with van der Waals surface area (Å²) in [6.45, 7) is 2.05. The summed E-state index contributed by atoms with van der Waals surface area (Å²) in [5.41, 5.74) is 7.11. The molecule has 3 N–H and O–H groups in total. The minimum atomic E-state index is -0.132. The molecule has 21 heavy (non-hydrogen) atoms. The Morgan fingerprint density at radius 2 is 2.14 bits per heavy atom. The molecule has 1 amide bonds. The van der Waals surface area contributed by atoms with Crippen LogP contribution in [0.5, 0.6) is 0 Å². The van der Waals surface area contributed by atoms with Gasteiger partial charge in [-0.25, -0.2) is 0 Å². The first kappa shape index (κ1) is 12.7. The van der Waals surface area contributed by atoms with E-state index in [2.05, 4.69) is 10.2 Å². The second-order valence-electron chi connectivity index (χ2n) is 6.09. The van der Waals surface area contributed by atoms with Crippen LogP contribution < -0.4 is 11.1 Å². The van der Waals surface area contributed by atoms with Crippen LogP contribution >= 0.6 is 0 Å². The molecule has 1 atom stereocenters. The standard InChI is InChI=1S/C16H19N3O2/c17-11-1-4-14-10(7-11)8-15(21-14)16(20)18-12-5-6-19(9-12)13-2-3-13/h1,4,7-8,12-13H,2-3,5-6,9,17H2,(H,18,20). The van der Waals surface area contributed by atoms with Crippen molar-refractivity contribution in [3.05, 3.63) is 30.0 Å². The summed E-state index contributed by atoms with van der Waals surface area (Å²) in [5.74, 6) is 0.230. The quantitative estimate of drug-likeness (QED) is 0.846. The van der Waals surface area contributed by atoms with Gasteiger partial charge in [-0.1, -0.05) is 0 Å². The molecule has 4 rings (SSSR count). The number of hydrogen-bond acceptors (Lipinski definition) is 4. The summed E-state index contributed by atoms with van der Waals surface area (Å²) in [4.78, 5) is 14.8. The number of furan rings is 1. The number of amides is 1. The molecule has 5 heteroatoms. The second kappa shape index (κ2) is 4.77. The van der Waals surface area contributed by atoms with Gasteiger partial charge in [-0.05, 0) is 43.5 Å². The lowest BCUT2D eigenvalue weighted by Crippen LogP contribution is -2.37. The van der Waals surface area contributed by atoms with Crippen LogP contribution in [0.3, 0.4) is 0 Å². The van der Waals surface area contributed by atoms with Crippen molar-refractivity contribution in [1.82, 2.24) is 10.2 Å². The Morgan fingerprint density at radius 3 is 2.95 bits per heavy atom. The Morgan fingerprint density at radius 1 is 1.29 bits per heavy atom. The number of fused-ring (bicyclic) bond motifs is 1. The zero-order valence-electron chi connectivity index (χ0n) is 11.8. The van der Waals surface area contributed by atoms with Gasteiger partial charge in [-0.15, -0.1) is 0 Å². The van der Waals surface area contributed by atoms with E-state index in [-0.39, 0.29) is 11.9 Å². The van der Waals surface area contributed by atoms with E-state index in [0.717, 1.165) is 30.9 Å². The number of rotatable bonds is 3. The van der Waals surface area contributed by atoms with Crippen LogP contribution in [-0.2, 0) is 0 Å². The first-order chi connectivity index (χ1) is 10.2. The van der Waals surface area contributed by atoms with E-state index in [4.69, 9.17) is 10.2 Å². The Bertz CT molecular complexity index is 690. The molecule has 1 aromatic heterocycles. The van der Waals surface area contributed by atoms with Crippen molar-refractivity contribution in [3.63, 3.8) is 0 Å². The molecule has 2 aliphatic rings. The summed E-state index contributed by atoms with van der Waals surface area (Å²) < 4.78 is 5.60. The zero-order chi connectivity index (χ0) is 14.4. The van der Waals surface area contributed by atoms with Crippen LogP contribution in [0, 0.1) is 0 Å². The molecule has 0 radical (unpaired) electrons. The minimum absolute atomic E-state index is 0.132. The summed E-state index contributed by atoms with van der Waals surface area (Å²) in [6.07, 6.45) is 3.65. The lowest BCUT2D eigenvalue weighted by atomic mass is 10.2. The van der Waals surface area contributed by atoms with Crippen molar-refractivity contribution in [2.24, 2.45) is 0 Å². The van der Waals surface area contributed by atoms with E-state index in [1.54, 1.807) is 18.2 Å². The fraction of sp³-hybridized carbons (Fsp3) is 0.438. The number of nitrogens with two attached hydrogens (primary N) is 1. The lowest BCUT2D eigenvalue weighted by Gasteiger charge is -2.15. The van der Waals surface area contributed by atoms with Gasteiger partial charge < -0.3 is 15.5 Å². The van der Waals surface area contributed by atoms with Gasteiger partial charge in [0.15, 0.2) is 5.76 Å². The maximum atomic E-state index is 12.3. The number of carbonyl (C=O) groups is 1. The highest BCUT2D eigenvalue weighted by molar-refractivity contribution is 5.96. The van der Waals surface area contributed by atoms with E-state index in [1.165, 1.54) is 12.8 Å². The molecule has 0 bridgehead atoms. The molecule has 2 heterocycles. The number of likely N-dealkylation sites (tertiary alicyclic amines) is 1. The van der Waals surface area contributed by atoms with E-state index >= 15 is 0 Å². The van der Waals surface area contributed by atoms with E-state index in [9.17, 15) is 4.79 Å². The summed E-state index contributed by atoms with van der Waals surface area (Å²) in [6, 6.07) is 8.15. The Hall–Kier alpha value is -2.01. The smallest absolute Gasteiger partial charge is 0.287 e. The van der Waals surface area contributed by atoms with Crippen molar-refractivity contribution in [3.8, 4) is 0 Å². The van der Waals surface area contributed by atoms with E-state index in [0.29, 0.717) is 17.0 Å². The molecule has 1 saturated carbocycles. The third kappa shape index (κ3) is 2.49. The molecule has 2 fully saturated rings. The second-order valence-corrected chi connectivity index (χ2v) is 6.09. The molecular weight excluding hydrogens is 266 g/mol. The van der Waals surface area contributed by atoms with Crippen molar-refractivity contribution in [1.29, 1.82) is 0 Å². The van der Waals surface area contributed by atoms with Crippen LogP contribution in [0.2, 0.25) is 0 Å². The number of anilines is 1. The van der Waals surface area contributed by atoms with Crippen LogP contribution in [0.4, 0.5) is 5.69 Å². The number of nitrogens with zero attached hydrogens (tertiary/aromatic N) is 1. The molecule has 2 aromatic rings. The molecule has 1 aliphatic carbocycles. The SMILES string of the molecule is Nc1ccc2oc(C(=O)NC3CCN(C4CC4)C3)cc2c1. The highest BCUT2D eigenvalue weighted by atomic mass is 16.3. The molecule has 5 nitrogen and oxygen atoms in total. The van der Waals surface area contributed by atoms with Gasteiger partial charge in [0.25, 0.3) is 5.91 Å². The summed E-state index contributed by atoms with van der Waals surface area (Å²) in [7, 11) is 0. The van der Waals surface area contributed by atoms with Crippen molar-refractivity contribution >= 4 is 22.6 Å². The topological polar surface area (TPSA) is 71.5 Å². The first-order valence-corrected chi connectivity index (χ1v) is 7.53. The summed E-state index contributed by atoms with van der Waals surface area (Å²) in [5, 5.41) is 3.94. The largest absolute Gasteiger partial charge is 0.451 e. The molecule has 0 spiro atoms. The van der Waals surface area contributed by atoms with E-state index in [1.807, 2.05) is 6.07 Å². The van der Waals surface area contributed by atoms with Crippen molar-refractivity contribution in [2.75, 3.05) is 18.8 Å². The van der Waals surface area contributed by atoms with Gasteiger partial charge in [0.05, 0.1) is 0 Å². The number of nitrogens with one attached hydrogen (secondary N) is 1. The molecule has 1 aromatic carbocycles. The number of benzene rings is 1. The predicted octanol–water partition coefficient (Wildman–Crippen LogP) is 1.98. The van der Waals surface area contributed by atoms with Crippen LogP contribution in [-0.4, -0.2) is 36.0 Å². The number of nitrogen functional groups attached to an aromatic ring is 1. The first-order valence-electron chi connectivity index (χ1n) is 7.53. The third-order valence-corrected chi connectivity index (χ3v) is 4.38. The highest BCUT2D eigenvalue weighted by Crippen LogP contribution is 2.30. The van der Waals surface area contributed by atoms with Gasteiger partial charge in [-0.2, -0.15) is 0 Å². The van der Waals surface area contributed by atoms with Crippen LogP contribution in [0.1, 0.15) is 29.8 Å². The van der Waals surface area contributed by atoms with Crippen LogP contribution in [0.25, 0.3) is 11.0 Å². The fourth-order valence-corrected chi connectivity index (χ4v) is 3.11. The molecule has 1 aliphatic heterocycles. The zero-order valence-corrected chi connectivity index (χ0v) is 11.8. The van der Waals surface area contributed by atoms with Gasteiger partial charge in [0, 0.05) is 36.2 Å². The maximum Gasteiger partial charge on any atom is 0.287 e. The van der Waals surface area contributed by atoms with Gasteiger partial charge in [-0.3, -0.25) is 9.69 Å². The van der Waals surface area contributed by atoms with Crippen LogP contribution in [0.15, 0.2) is 28.7 Å². The van der Waals surface area contributed by atoms with E-state index < -0.39 is 0 Å². The van der Waals surface area contributed by atoms with Crippen molar-refractivity contribution < 1.29 is 9.21 Å². The minimum Gasteiger partial charge on any atom is -0.451 e. The normalized spacial score (nSPS) is 22.8. The molecule has 1 unspecified atom stereocenters. The average molecular weight is 285 g/mol. The Kier molecular flexibility index (Phi) is 2.89. The van der Waals surface area contributed by atoms with Gasteiger partial charge in [0.1, 0.15) is 5.58 Å². The summed E-state index contributed by atoms with van der Waals surface area (Å²) >= 11 is 0. The molecular formula is C16H19N3O2. The number of carbonyl (C=O) groups excluding carboxylic acids is 1. The number of hydrogen-bond donors (Lipinski definition) is 2. The fourth-order valence-electron chi connectivity index (χ4n) is 3.11. The lowest BCUT2D eigenvalue weighted by molar-refractivity contribution is 0.0911. The molecule has 110 valence electrons. The Balaban J connectivity index is 1.46. The average Bonchev–Trinajstić information content (AvgIpc) is 3.06. The van der Waals surface area contributed by atoms with Gasteiger partial charge in [0.2, 0.25) is 0 Å². The third-order valence-electron chi connectivity index (χ3n) is 4.38. The van der Waals surface area contributed by atoms with Crippen molar-refractivity contribution in [2.45, 2.75) is 31.3 Å². The Labute approximate surface area is 123 Å². The highest BCUT2D eigenvalue weighted by Gasteiger charge is 2.35. The van der Waals surface area contributed by atoms with Gasteiger partial charge >= 0.3 is 0 Å². The predicted molar refractivity (Wildman–Crippen MR) is 81.1 cm³/mol. The monoisotopic (exact) mass is 285 g/mol. The molecule has 1 saturated heterocycles.